The Kier molecular flexibility index (Phi) is 5.57. The first-order valence-corrected chi connectivity index (χ1v) is 9.86. The van der Waals surface area contributed by atoms with E-state index in [1.807, 2.05) is 12.1 Å². The van der Waals surface area contributed by atoms with Crippen LogP contribution in [-0.2, 0) is 13.0 Å². The summed E-state index contributed by atoms with van der Waals surface area (Å²) >= 11 is 0. The maximum Gasteiger partial charge on any atom is 0.147 e. The minimum atomic E-state index is -0.782. The maximum absolute atomic E-state index is 14.6. The number of fused-ring (bicyclic) bond motifs is 1. The highest BCUT2D eigenvalue weighted by Crippen LogP contribution is 2.32. The van der Waals surface area contributed by atoms with Crippen LogP contribution in [-0.4, -0.2) is 9.55 Å². The third-order valence-corrected chi connectivity index (χ3v) is 5.23. The van der Waals surface area contributed by atoms with E-state index < -0.39 is 23.3 Å². The summed E-state index contributed by atoms with van der Waals surface area (Å²) in [4.78, 5) is 4.55. The molecule has 1 heterocycles. The van der Waals surface area contributed by atoms with Gasteiger partial charge in [0.2, 0.25) is 0 Å². The molecule has 0 aliphatic rings. The Morgan fingerprint density at radius 2 is 1.40 bits per heavy atom. The molecule has 0 aliphatic heterocycles. The Balaban J connectivity index is 1.99. The topological polar surface area (TPSA) is 17.8 Å². The van der Waals surface area contributed by atoms with Crippen LogP contribution >= 0.6 is 0 Å². The summed E-state index contributed by atoms with van der Waals surface area (Å²) in [7, 11) is 0. The molecule has 4 rings (SSSR count). The minimum Gasteiger partial charge on any atom is -0.319 e. The largest absolute Gasteiger partial charge is 0.319 e. The van der Waals surface area contributed by atoms with Crippen molar-refractivity contribution in [1.29, 1.82) is 0 Å². The number of hydrogen-bond acceptors (Lipinski definition) is 1. The Morgan fingerprint density at radius 3 is 2.03 bits per heavy atom. The Hall–Kier alpha value is -3.15. The van der Waals surface area contributed by atoms with Crippen molar-refractivity contribution >= 4 is 11.0 Å². The molecule has 0 aliphatic carbocycles. The van der Waals surface area contributed by atoms with E-state index >= 15 is 0 Å². The summed E-state index contributed by atoms with van der Waals surface area (Å²) in [5.74, 6) is -3.00. The predicted molar refractivity (Wildman–Crippen MR) is 109 cm³/mol. The van der Waals surface area contributed by atoms with Crippen molar-refractivity contribution < 1.29 is 17.6 Å². The van der Waals surface area contributed by atoms with Crippen molar-refractivity contribution in [2.75, 3.05) is 0 Å². The van der Waals surface area contributed by atoms with Crippen molar-refractivity contribution in [3.63, 3.8) is 0 Å². The molecule has 2 nitrogen and oxygen atoms in total. The number of aromatic nitrogens is 2. The van der Waals surface area contributed by atoms with Gasteiger partial charge in [-0.05, 0) is 48.7 Å². The van der Waals surface area contributed by atoms with Gasteiger partial charge in [-0.1, -0.05) is 37.6 Å². The second kappa shape index (κ2) is 8.30. The zero-order chi connectivity index (χ0) is 21.3. The molecule has 1 aromatic heterocycles. The summed E-state index contributed by atoms with van der Waals surface area (Å²) < 4.78 is 59.4. The number of aryl methyl sites for hydroxylation is 1. The number of hydrogen-bond donors (Lipinski definition) is 0. The van der Waals surface area contributed by atoms with Crippen LogP contribution in [0, 0.1) is 23.3 Å². The zero-order valence-corrected chi connectivity index (χ0v) is 16.4. The quantitative estimate of drug-likeness (QED) is 0.324. The third-order valence-electron chi connectivity index (χ3n) is 5.23. The third kappa shape index (κ3) is 3.58. The number of benzene rings is 3. The first-order chi connectivity index (χ1) is 14.5. The predicted octanol–water partition coefficient (Wildman–Crippen LogP) is 6.65. The molecule has 4 aromatic rings. The lowest BCUT2D eigenvalue weighted by molar-refractivity contribution is 0.546. The fourth-order valence-electron chi connectivity index (χ4n) is 3.68. The van der Waals surface area contributed by atoms with Crippen LogP contribution < -0.4 is 0 Å². The van der Waals surface area contributed by atoms with Crippen LogP contribution in [0.2, 0.25) is 0 Å². The summed E-state index contributed by atoms with van der Waals surface area (Å²) in [6.45, 7) is 1.83. The molecule has 30 heavy (non-hydrogen) atoms. The van der Waals surface area contributed by atoms with Gasteiger partial charge in [0, 0.05) is 5.56 Å². The highest BCUT2D eigenvalue weighted by molar-refractivity contribution is 5.84. The lowest BCUT2D eigenvalue weighted by atomic mass is 10.1. The molecule has 0 radical (unpaired) electrons. The van der Waals surface area contributed by atoms with Gasteiger partial charge in [-0.15, -0.1) is 0 Å². The molecule has 0 amide bonds. The van der Waals surface area contributed by atoms with Gasteiger partial charge >= 0.3 is 0 Å². The smallest absolute Gasteiger partial charge is 0.147 e. The fourth-order valence-corrected chi connectivity index (χ4v) is 3.68. The monoisotopic (exact) mass is 412 g/mol. The Labute approximate surface area is 171 Å². The SMILES string of the molecule is CCCCc1cccc2c1nc(-c1c(F)cccc1F)n2Cc1c(F)cccc1F. The van der Waals surface area contributed by atoms with Crippen molar-refractivity contribution in [3.8, 4) is 11.4 Å². The first-order valence-electron chi connectivity index (χ1n) is 9.86. The second-order valence-electron chi connectivity index (χ2n) is 7.21. The van der Waals surface area contributed by atoms with Gasteiger partial charge in [-0.2, -0.15) is 0 Å². The number of nitrogens with zero attached hydrogens (tertiary/aromatic N) is 2. The van der Waals surface area contributed by atoms with Crippen molar-refractivity contribution in [2.45, 2.75) is 32.7 Å². The summed E-state index contributed by atoms with van der Waals surface area (Å²) in [5.41, 5.74) is 1.59. The van der Waals surface area contributed by atoms with Crippen molar-refractivity contribution in [3.05, 3.63) is 89.0 Å². The van der Waals surface area contributed by atoms with Gasteiger partial charge in [-0.3, -0.25) is 0 Å². The number of unbranched alkanes of at least 4 members (excludes halogenated alkanes) is 1. The van der Waals surface area contributed by atoms with Crippen LogP contribution in [0.5, 0.6) is 0 Å². The standard InChI is InChI=1S/C24H20F4N2/c1-2-3-7-15-8-4-13-21-23(15)29-24(22-19(27)11-6-12-20(22)28)30(21)14-16-17(25)9-5-10-18(16)26/h4-6,8-13H,2-3,7,14H2,1H3. The molecule has 0 atom stereocenters. The van der Waals surface area contributed by atoms with E-state index in [2.05, 4.69) is 11.9 Å². The van der Waals surface area contributed by atoms with Crippen LogP contribution in [0.25, 0.3) is 22.4 Å². The van der Waals surface area contributed by atoms with E-state index in [1.165, 1.54) is 16.7 Å². The molecule has 3 aromatic carbocycles. The zero-order valence-electron chi connectivity index (χ0n) is 16.4. The number of halogens is 4. The van der Waals surface area contributed by atoms with Crippen LogP contribution in [0.3, 0.4) is 0 Å². The van der Waals surface area contributed by atoms with Gasteiger partial charge in [0.05, 0.1) is 23.1 Å². The van der Waals surface area contributed by atoms with Crippen LogP contribution in [0.15, 0.2) is 54.6 Å². The average molecular weight is 412 g/mol. The van der Waals surface area contributed by atoms with E-state index in [4.69, 9.17) is 0 Å². The fraction of sp³-hybridized carbons (Fsp3) is 0.208. The van der Waals surface area contributed by atoms with Gasteiger partial charge < -0.3 is 4.57 Å². The van der Waals surface area contributed by atoms with E-state index in [9.17, 15) is 17.6 Å². The molecule has 0 saturated heterocycles. The minimum absolute atomic E-state index is 0.00667. The second-order valence-corrected chi connectivity index (χ2v) is 7.21. The van der Waals surface area contributed by atoms with E-state index in [1.54, 1.807) is 6.07 Å². The highest BCUT2D eigenvalue weighted by Gasteiger charge is 2.22. The average Bonchev–Trinajstić information content (AvgIpc) is 3.08. The molecule has 0 unspecified atom stereocenters. The van der Waals surface area contributed by atoms with Gasteiger partial charge in [0.1, 0.15) is 29.1 Å². The van der Waals surface area contributed by atoms with Crippen molar-refractivity contribution in [1.82, 2.24) is 9.55 Å². The molecule has 0 fully saturated rings. The van der Waals surface area contributed by atoms with Crippen molar-refractivity contribution in [2.24, 2.45) is 0 Å². The molecule has 0 N–H and O–H groups in total. The number of imidazole rings is 1. The molecule has 0 bridgehead atoms. The van der Waals surface area contributed by atoms with E-state index in [0.29, 0.717) is 11.0 Å². The van der Waals surface area contributed by atoms with Crippen LogP contribution in [0.4, 0.5) is 17.6 Å². The Bertz CT molecular complexity index is 1170. The summed E-state index contributed by atoms with van der Waals surface area (Å²) in [6, 6.07) is 12.6. The molecular formula is C24H20F4N2. The van der Waals surface area contributed by atoms with Gasteiger partial charge in [0.25, 0.3) is 0 Å². The normalized spacial score (nSPS) is 11.4. The van der Waals surface area contributed by atoms with E-state index in [0.717, 1.165) is 49.1 Å². The van der Waals surface area contributed by atoms with E-state index in [-0.39, 0.29) is 23.5 Å². The maximum atomic E-state index is 14.6. The summed E-state index contributed by atoms with van der Waals surface area (Å²) in [6.07, 6.45) is 2.65. The summed E-state index contributed by atoms with van der Waals surface area (Å²) in [5, 5.41) is 0. The lowest BCUT2D eigenvalue weighted by Gasteiger charge is -2.12. The van der Waals surface area contributed by atoms with Crippen LogP contribution in [0.1, 0.15) is 30.9 Å². The molecule has 0 saturated carbocycles. The molecular weight excluding hydrogens is 392 g/mol. The molecule has 154 valence electrons. The Morgan fingerprint density at radius 1 is 0.800 bits per heavy atom. The highest BCUT2D eigenvalue weighted by atomic mass is 19.1. The number of para-hydroxylation sites is 1. The first kappa shape index (κ1) is 20.1. The van der Waals surface area contributed by atoms with Gasteiger partial charge in [-0.25, -0.2) is 22.5 Å². The lowest BCUT2D eigenvalue weighted by Crippen LogP contribution is -2.08. The molecule has 0 spiro atoms. The molecule has 6 heteroatoms. The number of rotatable bonds is 6. The van der Waals surface area contributed by atoms with Gasteiger partial charge in [0.15, 0.2) is 0 Å².